The first-order valence-electron chi connectivity index (χ1n) is 5.76. The van der Waals surface area contributed by atoms with Gasteiger partial charge in [0.05, 0.1) is 5.56 Å². The number of hydrogen-bond donors (Lipinski definition) is 2. The van der Waals surface area contributed by atoms with Crippen LogP contribution in [0.2, 0.25) is 0 Å². The van der Waals surface area contributed by atoms with Crippen molar-refractivity contribution in [2.24, 2.45) is 0 Å². The molecule has 0 aliphatic rings. The standard InChI is InChI=1S/C12H16BrF3N2/c1-2-17-6-3-7-18-11-5-4-9(13)8-10(11)12(14,15)16/h4-5,8,17-18H,2-3,6-7H2,1H3. The number of anilines is 1. The molecule has 0 aliphatic heterocycles. The Bertz CT molecular complexity index is 380. The number of benzene rings is 1. The highest BCUT2D eigenvalue weighted by Crippen LogP contribution is 2.36. The average molecular weight is 325 g/mol. The van der Waals surface area contributed by atoms with E-state index in [4.69, 9.17) is 0 Å². The van der Waals surface area contributed by atoms with Gasteiger partial charge in [-0.05, 0) is 37.7 Å². The van der Waals surface area contributed by atoms with Crippen LogP contribution in [0.25, 0.3) is 0 Å². The first-order chi connectivity index (χ1) is 8.45. The smallest absolute Gasteiger partial charge is 0.385 e. The molecule has 0 spiro atoms. The molecule has 2 nitrogen and oxygen atoms in total. The summed E-state index contributed by atoms with van der Waals surface area (Å²) in [4.78, 5) is 0. The molecule has 0 atom stereocenters. The van der Waals surface area contributed by atoms with E-state index in [1.807, 2.05) is 6.92 Å². The minimum atomic E-state index is -4.34. The number of hydrogen-bond acceptors (Lipinski definition) is 2. The quantitative estimate of drug-likeness (QED) is 0.776. The van der Waals surface area contributed by atoms with Crippen LogP contribution in [-0.2, 0) is 6.18 Å². The summed E-state index contributed by atoms with van der Waals surface area (Å²) in [5.74, 6) is 0. The van der Waals surface area contributed by atoms with Gasteiger partial charge in [-0.2, -0.15) is 13.2 Å². The van der Waals surface area contributed by atoms with Gasteiger partial charge in [-0.1, -0.05) is 22.9 Å². The van der Waals surface area contributed by atoms with Crippen LogP contribution < -0.4 is 10.6 Å². The van der Waals surface area contributed by atoms with Crippen LogP contribution in [0.5, 0.6) is 0 Å². The largest absolute Gasteiger partial charge is 0.418 e. The van der Waals surface area contributed by atoms with Crippen molar-refractivity contribution in [2.45, 2.75) is 19.5 Å². The van der Waals surface area contributed by atoms with Crippen molar-refractivity contribution in [3.8, 4) is 0 Å². The number of halogens is 4. The first-order valence-corrected chi connectivity index (χ1v) is 6.55. The molecule has 1 rings (SSSR count). The molecule has 0 unspecified atom stereocenters. The van der Waals surface area contributed by atoms with Crippen LogP contribution >= 0.6 is 15.9 Å². The Hall–Kier alpha value is -0.750. The maximum atomic E-state index is 12.8. The molecule has 102 valence electrons. The van der Waals surface area contributed by atoms with Gasteiger partial charge in [0, 0.05) is 16.7 Å². The van der Waals surface area contributed by atoms with Crippen LogP contribution in [0.4, 0.5) is 18.9 Å². The summed E-state index contributed by atoms with van der Waals surface area (Å²) in [5, 5.41) is 5.94. The van der Waals surface area contributed by atoms with E-state index < -0.39 is 11.7 Å². The Morgan fingerprint density at radius 1 is 1.22 bits per heavy atom. The molecule has 0 amide bonds. The van der Waals surface area contributed by atoms with Crippen molar-refractivity contribution in [3.63, 3.8) is 0 Å². The van der Waals surface area contributed by atoms with Gasteiger partial charge in [-0.25, -0.2) is 0 Å². The Labute approximate surface area is 113 Å². The molecule has 0 fully saturated rings. The van der Waals surface area contributed by atoms with E-state index in [2.05, 4.69) is 26.6 Å². The molecule has 0 saturated carbocycles. The fourth-order valence-electron chi connectivity index (χ4n) is 1.52. The summed E-state index contributed by atoms with van der Waals surface area (Å²) in [6.07, 6.45) is -3.56. The Morgan fingerprint density at radius 3 is 2.56 bits per heavy atom. The van der Waals surface area contributed by atoms with Crippen molar-refractivity contribution in [3.05, 3.63) is 28.2 Å². The van der Waals surface area contributed by atoms with Crippen molar-refractivity contribution in [1.29, 1.82) is 0 Å². The van der Waals surface area contributed by atoms with Gasteiger partial charge in [-0.15, -0.1) is 0 Å². The average Bonchev–Trinajstić information content (AvgIpc) is 2.29. The molecular weight excluding hydrogens is 309 g/mol. The summed E-state index contributed by atoms with van der Waals surface area (Å²) in [6.45, 7) is 4.16. The van der Waals surface area contributed by atoms with Crippen LogP contribution in [0.1, 0.15) is 18.9 Å². The highest BCUT2D eigenvalue weighted by atomic mass is 79.9. The van der Waals surface area contributed by atoms with Crippen molar-refractivity contribution in [1.82, 2.24) is 5.32 Å². The molecule has 0 radical (unpaired) electrons. The molecule has 0 saturated heterocycles. The number of nitrogens with one attached hydrogen (secondary N) is 2. The fraction of sp³-hybridized carbons (Fsp3) is 0.500. The van der Waals surface area contributed by atoms with E-state index in [9.17, 15) is 13.2 Å². The lowest BCUT2D eigenvalue weighted by molar-refractivity contribution is -0.137. The predicted molar refractivity (Wildman–Crippen MR) is 70.8 cm³/mol. The predicted octanol–water partition coefficient (Wildman–Crippen LogP) is 3.88. The summed E-state index contributed by atoms with van der Waals surface area (Å²) >= 11 is 3.05. The van der Waals surface area contributed by atoms with Crippen molar-refractivity contribution < 1.29 is 13.2 Å². The lowest BCUT2D eigenvalue weighted by Crippen LogP contribution is -2.18. The fourth-order valence-corrected chi connectivity index (χ4v) is 1.88. The molecule has 0 heterocycles. The summed E-state index contributed by atoms with van der Waals surface area (Å²) in [7, 11) is 0. The zero-order valence-electron chi connectivity index (χ0n) is 10.1. The third-order valence-corrected chi connectivity index (χ3v) is 2.88. The van der Waals surface area contributed by atoms with Crippen LogP contribution in [0.15, 0.2) is 22.7 Å². The lowest BCUT2D eigenvalue weighted by Gasteiger charge is -2.15. The molecule has 1 aromatic carbocycles. The van der Waals surface area contributed by atoms with Gasteiger partial charge in [0.1, 0.15) is 0 Å². The lowest BCUT2D eigenvalue weighted by atomic mass is 10.1. The van der Waals surface area contributed by atoms with Gasteiger partial charge in [0.25, 0.3) is 0 Å². The minimum Gasteiger partial charge on any atom is -0.385 e. The van der Waals surface area contributed by atoms with Crippen molar-refractivity contribution >= 4 is 21.6 Å². The highest BCUT2D eigenvalue weighted by Gasteiger charge is 2.33. The second-order valence-electron chi connectivity index (χ2n) is 3.82. The molecule has 0 bridgehead atoms. The zero-order valence-corrected chi connectivity index (χ0v) is 11.7. The van der Waals surface area contributed by atoms with E-state index in [1.165, 1.54) is 6.07 Å². The molecule has 0 aromatic heterocycles. The Morgan fingerprint density at radius 2 is 1.94 bits per heavy atom. The van der Waals surface area contributed by atoms with Gasteiger partial charge < -0.3 is 10.6 Å². The maximum absolute atomic E-state index is 12.8. The van der Waals surface area contributed by atoms with Gasteiger partial charge in [0.2, 0.25) is 0 Å². The number of alkyl halides is 3. The topological polar surface area (TPSA) is 24.1 Å². The van der Waals surface area contributed by atoms with E-state index in [1.54, 1.807) is 6.07 Å². The first kappa shape index (κ1) is 15.3. The number of rotatable bonds is 6. The summed E-state index contributed by atoms with van der Waals surface area (Å²) < 4.78 is 38.8. The molecule has 2 N–H and O–H groups in total. The molecule has 0 aliphatic carbocycles. The second kappa shape index (κ2) is 6.99. The summed E-state index contributed by atoms with van der Waals surface area (Å²) in [6, 6.07) is 4.13. The third kappa shape index (κ3) is 4.86. The Kier molecular flexibility index (Phi) is 5.95. The minimum absolute atomic E-state index is 0.127. The van der Waals surface area contributed by atoms with E-state index >= 15 is 0 Å². The SMILES string of the molecule is CCNCCCNc1ccc(Br)cc1C(F)(F)F. The maximum Gasteiger partial charge on any atom is 0.418 e. The highest BCUT2D eigenvalue weighted by molar-refractivity contribution is 9.10. The van der Waals surface area contributed by atoms with Crippen LogP contribution in [0, 0.1) is 0 Å². The molecule has 18 heavy (non-hydrogen) atoms. The van der Waals surface area contributed by atoms with E-state index in [-0.39, 0.29) is 5.69 Å². The van der Waals surface area contributed by atoms with Crippen molar-refractivity contribution in [2.75, 3.05) is 25.0 Å². The molecule has 6 heteroatoms. The molecule has 1 aromatic rings. The molecular formula is C12H16BrF3N2. The van der Waals surface area contributed by atoms with Crippen LogP contribution in [0.3, 0.4) is 0 Å². The van der Waals surface area contributed by atoms with E-state index in [0.29, 0.717) is 11.0 Å². The van der Waals surface area contributed by atoms with E-state index in [0.717, 1.165) is 25.6 Å². The normalized spacial score (nSPS) is 11.6. The van der Waals surface area contributed by atoms with Gasteiger partial charge >= 0.3 is 6.18 Å². The monoisotopic (exact) mass is 324 g/mol. The second-order valence-corrected chi connectivity index (χ2v) is 4.74. The van der Waals surface area contributed by atoms with Crippen LogP contribution in [-0.4, -0.2) is 19.6 Å². The van der Waals surface area contributed by atoms with Gasteiger partial charge in [0.15, 0.2) is 0 Å². The Balaban J connectivity index is 2.65. The summed E-state index contributed by atoms with van der Waals surface area (Å²) in [5.41, 5.74) is -0.512. The van der Waals surface area contributed by atoms with Gasteiger partial charge in [-0.3, -0.25) is 0 Å². The third-order valence-electron chi connectivity index (χ3n) is 2.38. The zero-order chi connectivity index (χ0) is 13.6.